The summed E-state index contributed by atoms with van der Waals surface area (Å²) in [6.45, 7) is 0. The highest BCUT2D eigenvalue weighted by Gasteiger charge is 2.37. The Labute approximate surface area is 84.9 Å². The summed E-state index contributed by atoms with van der Waals surface area (Å²) in [6.07, 6.45) is -8.76. The minimum Gasteiger partial charge on any atom is -0.318 e. The summed E-state index contributed by atoms with van der Waals surface area (Å²) in [7, 11) is 0. The highest BCUT2D eigenvalue weighted by molar-refractivity contribution is 5.79. The lowest BCUT2D eigenvalue weighted by Gasteiger charge is -2.11. The molecule has 0 saturated heterocycles. The Bertz CT molecular complexity index is 462. The molecule has 3 nitrogen and oxygen atoms in total. The summed E-state index contributed by atoms with van der Waals surface area (Å²) in [5.41, 5.74) is -5.58. The molecule has 0 atom stereocenters. The number of alkyl halides is 5. The van der Waals surface area contributed by atoms with Crippen LogP contribution in [0.25, 0.3) is 0 Å². The number of aromatic amines is 1. The Morgan fingerprint density at radius 2 is 1.88 bits per heavy atom. The van der Waals surface area contributed by atoms with E-state index in [0.29, 0.717) is 0 Å². The monoisotopic (exact) mass is 241 g/mol. The standard InChI is InChI=1S/C8H4F5NO2/c9-7(10)3-1-5(16)14-6(4(3)2-15)8(11,12)13/h1-2,7H,(H,14,16). The molecule has 0 amide bonds. The first kappa shape index (κ1) is 12.3. The third-order valence-electron chi connectivity index (χ3n) is 1.75. The molecule has 16 heavy (non-hydrogen) atoms. The molecule has 8 heteroatoms. The van der Waals surface area contributed by atoms with Crippen LogP contribution in [0, 0.1) is 0 Å². The van der Waals surface area contributed by atoms with Gasteiger partial charge in [0.1, 0.15) is 5.69 Å². The number of hydrogen-bond acceptors (Lipinski definition) is 2. The Balaban J connectivity index is 3.62. The Hall–Kier alpha value is -1.73. The minimum absolute atomic E-state index is 0.267. The van der Waals surface area contributed by atoms with Crippen LogP contribution in [-0.4, -0.2) is 11.3 Å². The summed E-state index contributed by atoms with van der Waals surface area (Å²) < 4.78 is 61.4. The van der Waals surface area contributed by atoms with Crippen LogP contribution >= 0.6 is 0 Å². The second-order valence-corrected chi connectivity index (χ2v) is 2.79. The molecule has 88 valence electrons. The molecular weight excluding hydrogens is 237 g/mol. The molecule has 0 aliphatic carbocycles. The van der Waals surface area contributed by atoms with Gasteiger partial charge >= 0.3 is 6.18 Å². The largest absolute Gasteiger partial charge is 0.432 e. The predicted molar refractivity (Wildman–Crippen MR) is 42.4 cm³/mol. The number of H-pyrrole nitrogens is 1. The summed E-state index contributed by atoms with van der Waals surface area (Å²) in [5, 5.41) is 0. The number of carbonyl (C=O) groups is 1. The summed E-state index contributed by atoms with van der Waals surface area (Å²) >= 11 is 0. The van der Waals surface area contributed by atoms with Gasteiger partial charge in [0.2, 0.25) is 5.56 Å². The average Bonchev–Trinajstić information content (AvgIpc) is 2.14. The molecule has 1 aromatic rings. The van der Waals surface area contributed by atoms with Gasteiger partial charge in [-0.2, -0.15) is 13.2 Å². The maximum absolute atomic E-state index is 12.3. The highest BCUT2D eigenvalue weighted by Crippen LogP contribution is 2.32. The SMILES string of the molecule is O=Cc1c(C(F)F)cc(=O)[nH]c1C(F)(F)F. The molecule has 0 aliphatic heterocycles. The van der Waals surface area contributed by atoms with Crippen molar-refractivity contribution in [3.8, 4) is 0 Å². The summed E-state index contributed by atoms with van der Waals surface area (Å²) in [5.74, 6) is 0. The first-order chi connectivity index (χ1) is 7.27. The zero-order chi connectivity index (χ0) is 12.5. The van der Waals surface area contributed by atoms with E-state index in [9.17, 15) is 31.5 Å². The van der Waals surface area contributed by atoms with Crippen LogP contribution in [0.15, 0.2) is 10.9 Å². The van der Waals surface area contributed by atoms with E-state index in [0.717, 1.165) is 0 Å². The molecule has 0 bridgehead atoms. The number of pyridine rings is 1. The van der Waals surface area contributed by atoms with Gasteiger partial charge in [0.05, 0.1) is 5.56 Å². The first-order valence-corrected chi connectivity index (χ1v) is 3.85. The topological polar surface area (TPSA) is 49.9 Å². The third kappa shape index (κ3) is 2.26. The van der Waals surface area contributed by atoms with Gasteiger partial charge in [-0.1, -0.05) is 0 Å². The number of nitrogens with one attached hydrogen (secondary N) is 1. The Morgan fingerprint density at radius 1 is 1.31 bits per heavy atom. The van der Waals surface area contributed by atoms with E-state index in [4.69, 9.17) is 0 Å². The van der Waals surface area contributed by atoms with Crippen LogP contribution in [0.4, 0.5) is 22.0 Å². The van der Waals surface area contributed by atoms with Crippen LogP contribution in [-0.2, 0) is 6.18 Å². The molecule has 0 fully saturated rings. The normalized spacial score (nSPS) is 11.9. The smallest absolute Gasteiger partial charge is 0.318 e. The van der Waals surface area contributed by atoms with Crippen LogP contribution in [0.3, 0.4) is 0 Å². The van der Waals surface area contributed by atoms with Gasteiger partial charge in [-0.15, -0.1) is 0 Å². The van der Waals surface area contributed by atoms with Crippen LogP contribution in [0.1, 0.15) is 28.0 Å². The number of carbonyl (C=O) groups excluding carboxylic acids is 1. The highest BCUT2D eigenvalue weighted by atomic mass is 19.4. The second kappa shape index (κ2) is 4.03. The van der Waals surface area contributed by atoms with Crippen molar-refractivity contribution in [2.24, 2.45) is 0 Å². The number of halogens is 5. The fraction of sp³-hybridized carbons (Fsp3) is 0.250. The number of rotatable bonds is 2. The second-order valence-electron chi connectivity index (χ2n) is 2.79. The average molecular weight is 241 g/mol. The van der Waals surface area contributed by atoms with E-state index >= 15 is 0 Å². The molecule has 0 aliphatic rings. The van der Waals surface area contributed by atoms with Crippen LogP contribution < -0.4 is 5.56 Å². The number of aldehydes is 1. The van der Waals surface area contributed by atoms with Crippen molar-refractivity contribution in [2.45, 2.75) is 12.6 Å². The molecular formula is C8H4F5NO2. The van der Waals surface area contributed by atoms with E-state index in [1.165, 1.54) is 4.98 Å². The van der Waals surface area contributed by atoms with Gasteiger partial charge in [0, 0.05) is 11.6 Å². The van der Waals surface area contributed by atoms with Crippen molar-refractivity contribution >= 4 is 6.29 Å². The summed E-state index contributed by atoms with van der Waals surface area (Å²) in [6, 6.07) is 0.267. The van der Waals surface area contributed by atoms with Crippen molar-refractivity contribution in [3.63, 3.8) is 0 Å². The molecule has 1 aromatic heterocycles. The lowest BCUT2D eigenvalue weighted by Crippen LogP contribution is -2.21. The molecule has 0 radical (unpaired) electrons. The molecule has 0 spiro atoms. The number of hydrogen-bond donors (Lipinski definition) is 1. The summed E-state index contributed by atoms with van der Waals surface area (Å²) in [4.78, 5) is 22.4. The third-order valence-corrected chi connectivity index (χ3v) is 1.75. The van der Waals surface area contributed by atoms with E-state index in [1.54, 1.807) is 0 Å². The molecule has 1 rings (SSSR count). The lowest BCUT2D eigenvalue weighted by atomic mass is 10.1. The maximum Gasteiger partial charge on any atom is 0.432 e. The molecule has 0 saturated carbocycles. The van der Waals surface area contributed by atoms with Crippen LogP contribution in [0.5, 0.6) is 0 Å². The minimum atomic E-state index is -5.07. The van der Waals surface area contributed by atoms with E-state index in [-0.39, 0.29) is 12.4 Å². The molecule has 0 aromatic carbocycles. The fourth-order valence-corrected chi connectivity index (χ4v) is 1.12. The zero-order valence-electron chi connectivity index (χ0n) is 7.44. The van der Waals surface area contributed by atoms with Gasteiger partial charge in [-0.3, -0.25) is 9.59 Å². The van der Waals surface area contributed by atoms with Crippen molar-refractivity contribution in [2.75, 3.05) is 0 Å². The van der Waals surface area contributed by atoms with Gasteiger partial charge in [-0.25, -0.2) is 8.78 Å². The van der Waals surface area contributed by atoms with Crippen molar-refractivity contribution in [3.05, 3.63) is 33.2 Å². The zero-order valence-corrected chi connectivity index (χ0v) is 7.44. The van der Waals surface area contributed by atoms with Gasteiger partial charge in [0.25, 0.3) is 6.43 Å². The van der Waals surface area contributed by atoms with E-state index in [1.807, 2.05) is 0 Å². The van der Waals surface area contributed by atoms with Gasteiger partial charge in [0.15, 0.2) is 6.29 Å². The van der Waals surface area contributed by atoms with Crippen molar-refractivity contribution in [1.82, 2.24) is 4.98 Å². The maximum atomic E-state index is 12.3. The first-order valence-electron chi connectivity index (χ1n) is 3.85. The van der Waals surface area contributed by atoms with Crippen molar-refractivity contribution in [1.29, 1.82) is 0 Å². The number of aromatic nitrogens is 1. The quantitative estimate of drug-likeness (QED) is 0.637. The fourth-order valence-electron chi connectivity index (χ4n) is 1.12. The lowest BCUT2D eigenvalue weighted by molar-refractivity contribution is -0.141. The Morgan fingerprint density at radius 3 is 2.25 bits per heavy atom. The molecule has 1 N–H and O–H groups in total. The molecule has 0 unspecified atom stereocenters. The molecule has 1 heterocycles. The predicted octanol–water partition coefficient (Wildman–Crippen LogP) is 2.14. The van der Waals surface area contributed by atoms with Crippen LogP contribution in [0.2, 0.25) is 0 Å². The Kier molecular flexibility index (Phi) is 3.11. The van der Waals surface area contributed by atoms with E-state index in [2.05, 4.69) is 0 Å². The van der Waals surface area contributed by atoms with Crippen molar-refractivity contribution < 1.29 is 26.7 Å². The van der Waals surface area contributed by atoms with Gasteiger partial charge < -0.3 is 4.98 Å². The van der Waals surface area contributed by atoms with E-state index < -0.39 is 35.0 Å². The van der Waals surface area contributed by atoms with Gasteiger partial charge in [-0.05, 0) is 0 Å².